The van der Waals surface area contributed by atoms with Crippen molar-refractivity contribution in [2.24, 2.45) is 5.92 Å². The first-order chi connectivity index (χ1) is 11.8. The third-order valence-electron chi connectivity index (χ3n) is 5.41. The summed E-state index contributed by atoms with van der Waals surface area (Å²) in [5.74, 6) is 0.389. The number of morpholine rings is 1. The number of H-pyrrole nitrogens is 1. The third kappa shape index (κ3) is 2.59. The Labute approximate surface area is 141 Å². The summed E-state index contributed by atoms with van der Waals surface area (Å²) in [6.45, 7) is 1.80. The Balaban J connectivity index is 1.65. The van der Waals surface area contributed by atoms with Crippen LogP contribution in [0.2, 0.25) is 0 Å². The minimum absolute atomic E-state index is 0.0442. The fourth-order valence-electron chi connectivity index (χ4n) is 4.21. The van der Waals surface area contributed by atoms with Crippen LogP contribution in [0, 0.1) is 5.92 Å². The zero-order chi connectivity index (χ0) is 16.5. The van der Waals surface area contributed by atoms with Crippen molar-refractivity contribution in [3.8, 4) is 0 Å². The standard InChI is InChI=1S/C18H23N3O3/c1-23-16-7-3-4-12(16)15-10-24-9-8-21(15)18(22)13-5-2-6-14-17(13)20-11-19-14/h2,5-6,11-12,15-16H,3-4,7-10H2,1H3,(H,19,20)/t12-,15+,16-/m1/s1. The number of hydrogen-bond donors (Lipinski definition) is 1. The number of hydrogen-bond acceptors (Lipinski definition) is 4. The first-order valence-corrected chi connectivity index (χ1v) is 8.63. The van der Waals surface area contributed by atoms with E-state index >= 15 is 0 Å². The molecule has 6 nitrogen and oxygen atoms in total. The molecule has 1 saturated heterocycles. The van der Waals surface area contributed by atoms with E-state index in [1.54, 1.807) is 13.4 Å². The number of methoxy groups -OCH3 is 1. The molecule has 24 heavy (non-hydrogen) atoms. The maximum Gasteiger partial charge on any atom is 0.256 e. The lowest BCUT2D eigenvalue weighted by atomic mass is 9.93. The number of rotatable bonds is 3. The summed E-state index contributed by atoms with van der Waals surface area (Å²) in [5.41, 5.74) is 2.29. The third-order valence-corrected chi connectivity index (χ3v) is 5.41. The molecule has 3 atom stereocenters. The van der Waals surface area contributed by atoms with E-state index in [1.165, 1.54) is 0 Å². The topological polar surface area (TPSA) is 67.5 Å². The molecule has 1 aromatic heterocycles. The molecule has 6 heteroatoms. The molecule has 1 N–H and O–H groups in total. The lowest BCUT2D eigenvalue weighted by Crippen LogP contribution is -2.53. The van der Waals surface area contributed by atoms with Crippen LogP contribution in [0.4, 0.5) is 0 Å². The Morgan fingerprint density at radius 2 is 2.33 bits per heavy atom. The fourth-order valence-corrected chi connectivity index (χ4v) is 4.21. The van der Waals surface area contributed by atoms with Gasteiger partial charge in [0.05, 0.1) is 42.8 Å². The van der Waals surface area contributed by atoms with Crippen molar-refractivity contribution in [3.63, 3.8) is 0 Å². The van der Waals surface area contributed by atoms with Gasteiger partial charge in [-0.25, -0.2) is 4.98 Å². The molecular weight excluding hydrogens is 306 g/mol. The highest BCUT2D eigenvalue weighted by molar-refractivity contribution is 6.04. The highest BCUT2D eigenvalue weighted by atomic mass is 16.5. The molecule has 2 aliphatic rings. The van der Waals surface area contributed by atoms with Crippen LogP contribution in [0.15, 0.2) is 24.5 Å². The molecule has 0 bridgehead atoms. The summed E-state index contributed by atoms with van der Waals surface area (Å²) in [4.78, 5) is 22.6. The van der Waals surface area contributed by atoms with E-state index in [0.717, 1.165) is 30.3 Å². The van der Waals surface area contributed by atoms with Crippen molar-refractivity contribution in [1.82, 2.24) is 14.9 Å². The minimum atomic E-state index is 0.0442. The fraction of sp³-hybridized carbons (Fsp3) is 0.556. The molecule has 2 heterocycles. The minimum Gasteiger partial charge on any atom is -0.381 e. The van der Waals surface area contributed by atoms with Crippen LogP contribution in [0.1, 0.15) is 29.6 Å². The molecule has 2 aromatic rings. The molecule has 0 spiro atoms. The first kappa shape index (κ1) is 15.6. The lowest BCUT2D eigenvalue weighted by molar-refractivity contribution is -0.0459. The summed E-state index contributed by atoms with van der Waals surface area (Å²) in [7, 11) is 1.77. The molecule has 1 amide bonds. The predicted octanol–water partition coefficient (Wildman–Crippen LogP) is 2.22. The van der Waals surface area contributed by atoms with E-state index < -0.39 is 0 Å². The molecule has 2 fully saturated rings. The van der Waals surface area contributed by atoms with Crippen LogP contribution in [0.3, 0.4) is 0 Å². The summed E-state index contributed by atoms with van der Waals surface area (Å²) >= 11 is 0. The quantitative estimate of drug-likeness (QED) is 0.937. The van der Waals surface area contributed by atoms with Crippen LogP contribution in [-0.2, 0) is 9.47 Å². The molecule has 0 unspecified atom stereocenters. The molecule has 1 aromatic carbocycles. The van der Waals surface area contributed by atoms with E-state index in [9.17, 15) is 4.79 Å². The largest absolute Gasteiger partial charge is 0.381 e. The molecule has 0 radical (unpaired) electrons. The lowest BCUT2D eigenvalue weighted by Gasteiger charge is -2.40. The zero-order valence-corrected chi connectivity index (χ0v) is 13.9. The number of aromatic nitrogens is 2. The number of amides is 1. The van der Waals surface area contributed by atoms with Gasteiger partial charge in [0.15, 0.2) is 0 Å². The van der Waals surface area contributed by atoms with Gasteiger partial charge in [-0.05, 0) is 25.0 Å². The normalized spacial score (nSPS) is 27.7. The van der Waals surface area contributed by atoms with E-state index in [0.29, 0.717) is 31.2 Å². The number of para-hydroxylation sites is 1. The van der Waals surface area contributed by atoms with Gasteiger partial charge < -0.3 is 19.4 Å². The zero-order valence-electron chi connectivity index (χ0n) is 13.9. The summed E-state index contributed by atoms with van der Waals surface area (Å²) in [6.07, 6.45) is 5.15. The number of nitrogens with zero attached hydrogens (tertiary/aromatic N) is 2. The van der Waals surface area contributed by atoms with Crippen molar-refractivity contribution in [3.05, 3.63) is 30.1 Å². The Kier molecular flexibility index (Phi) is 4.24. The Hall–Kier alpha value is -1.92. The van der Waals surface area contributed by atoms with Crippen molar-refractivity contribution in [2.45, 2.75) is 31.4 Å². The van der Waals surface area contributed by atoms with Crippen molar-refractivity contribution in [2.75, 3.05) is 26.9 Å². The van der Waals surface area contributed by atoms with Crippen LogP contribution >= 0.6 is 0 Å². The van der Waals surface area contributed by atoms with Crippen molar-refractivity contribution in [1.29, 1.82) is 0 Å². The second-order valence-electron chi connectivity index (χ2n) is 6.61. The van der Waals surface area contributed by atoms with Crippen molar-refractivity contribution >= 4 is 16.9 Å². The SMILES string of the molecule is CO[C@@H]1CCC[C@@H]1[C@@H]1COCCN1C(=O)c1cccc2[nH]cnc12. The van der Waals surface area contributed by atoms with Gasteiger partial charge in [-0.1, -0.05) is 12.5 Å². The van der Waals surface area contributed by atoms with E-state index in [1.807, 2.05) is 23.1 Å². The summed E-state index contributed by atoms with van der Waals surface area (Å²) in [5, 5.41) is 0. The van der Waals surface area contributed by atoms with Gasteiger partial charge in [0.25, 0.3) is 5.91 Å². The number of benzene rings is 1. The van der Waals surface area contributed by atoms with Gasteiger partial charge in [-0.2, -0.15) is 0 Å². The van der Waals surface area contributed by atoms with Gasteiger partial charge in [0, 0.05) is 19.6 Å². The highest BCUT2D eigenvalue weighted by Crippen LogP contribution is 2.34. The molecule has 1 aliphatic heterocycles. The number of imidazole rings is 1. The van der Waals surface area contributed by atoms with Gasteiger partial charge in [0.1, 0.15) is 5.52 Å². The molecule has 1 saturated carbocycles. The Morgan fingerprint density at radius 1 is 1.42 bits per heavy atom. The van der Waals surface area contributed by atoms with Crippen LogP contribution in [0.5, 0.6) is 0 Å². The van der Waals surface area contributed by atoms with Gasteiger partial charge in [0.2, 0.25) is 0 Å². The number of nitrogens with one attached hydrogen (secondary N) is 1. The molecule has 128 valence electrons. The predicted molar refractivity (Wildman–Crippen MR) is 89.9 cm³/mol. The summed E-state index contributed by atoms with van der Waals surface area (Å²) in [6, 6.07) is 5.78. The smallest absolute Gasteiger partial charge is 0.256 e. The highest BCUT2D eigenvalue weighted by Gasteiger charge is 2.40. The second kappa shape index (κ2) is 6.53. The average molecular weight is 329 g/mol. The maximum absolute atomic E-state index is 13.2. The van der Waals surface area contributed by atoms with Gasteiger partial charge in [-0.3, -0.25) is 4.79 Å². The number of carbonyl (C=O) groups excluding carboxylic acids is 1. The Bertz CT molecular complexity index is 729. The number of ether oxygens (including phenoxy) is 2. The van der Waals surface area contributed by atoms with E-state index in [-0.39, 0.29) is 18.1 Å². The number of fused-ring (bicyclic) bond motifs is 1. The van der Waals surface area contributed by atoms with Crippen LogP contribution in [0.25, 0.3) is 11.0 Å². The number of aromatic amines is 1. The summed E-state index contributed by atoms with van der Waals surface area (Å²) < 4.78 is 11.4. The second-order valence-corrected chi connectivity index (χ2v) is 6.61. The van der Waals surface area contributed by atoms with Gasteiger partial charge >= 0.3 is 0 Å². The monoisotopic (exact) mass is 329 g/mol. The first-order valence-electron chi connectivity index (χ1n) is 8.63. The van der Waals surface area contributed by atoms with E-state index in [4.69, 9.17) is 9.47 Å². The average Bonchev–Trinajstić information content (AvgIpc) is 3.29. The van der Waals surface area contributed by atoms with Gasteiger partial charge in [-0.15, -0.1) is 0 Å². The van der Waals surface area contributed by atoms with E-state index in [2.05, 4.69) is 9.97 Å². The van der Waals surface area contributed by atoms with Crippen LogP contribution in [-0.4, -0.2) is 59.8 Å². The van der Waals surface area contributed by atoms with Crippen molar-refractivity contribution < 1.29 is 14.3 Å². The van der Waals surface area contributed by atoms with Crippen LogP contribution < -0.4 is 0 Å². The molecule has 4 rings (SSSR count). The molecular formula is C18H23N3O3. The Morgan fingerprint density at radius 3 is 3.21 bits per heavy atom. The maximum atomic E-state index is 13.2. The number of carbonyl (C=O) groups is 1. The molecule has 1 aliphatic carbocycles.